The standard InChI is InChI=1S/C51H66N14O13S2/c1-25(42(71)52-14-7-15-53-50-56-21-36(24-66)80-50)59-44(73)27(3)61-46(75)29(5)63-49(78)38(17-31-8-11-34(67)12-9-31)64-41(70)22-54-48(77)37-18-32-10-13-39(68)33(16-32)19-35-20-55-51(79-35)57-23-40(69)58-26(2)43(72)60-28(4)45(74)62-30(6)47(76)65-37/h8-13,16,20-21,24-30,37-38,67-68H,7,14-15,17-19,22-23H2,1-6H3,(H,52,71)(H,53,56)(H,54,77)(H,55,57)(H,58,69)(H,59,73)(H,60,72)(H,61,75)(H,62,74)(H,63,78)(H,64,70)(H,65,76)/t25-,26-,27-,28-,29-,30-,37-,38-/m0/s1. The van der Waals surface area contributed by atoms with Gasteiger partial charge in [-0.15, -0.1) is 11.3 Å². The summed E-state index contributed by atoms with van der Waals surface area (Å²) in [6, 6.07) is 0.588. The van der Waals surface area contributed by atoms with Crippen molar-refractivity contribution >= 4 is 98.3 Å². The Hall–Kier alpha value is -8.73. The number of aromatic hydroxyl groups is 2. The van der Waals surface area contributed by atoms with Gasteiger partial charge < -0.3 is 74.0 Å². The van der Waals surface area contributed by atoms with Crippen molar-refractivity contribution in [2.75, 3.05) is 36.8 Å². The van der Waals surface area contributed by atoms with Crippen LogP contribution in [0.15, 0.2) is 54.9 Å². The van der Waals surface area contributed by atoms with Crippen LogP contribution in [0.25, 0.3) is 0 Å². The monoisotopic (exact) mass is 1150 g/mol. The van der Waals surface area contributed by atoms with Crippen LogP contribution in [0.1, 0.15) is 79.2 Å². The molecule has 8 atom stereocenters. The molecular formula is C51H66N14O13S2. The fourth-order valence-corrected chi connectivity index (χ4v) is 8.99. The highest BCUT2D eigenvalue weighted by Gasteiger charge is 2.31. The molecule has 0 unspecified atom stereocenters. The molecule has 10 amide bonds. The maximum Gasteiger partial charge on any atom is 0.243 e. The minimum Gasteiger partial charge on any atom is -0.508 e. The van der Waals surface area contributed by atoms with Gasteiger partial charge in [0.1, 0.15) is 59.8 Å². The SMILES string of the molecule is C[C@@H]1NC(=O)CNc2ncc(s2)Cc2cc(ccc2O)C[C@@H](C(=O)NCC(=O)N[C@@H](Cc2ccc(O)cc2)C(=O)N[C@@H](C)C(=O)N[C@@H](C)C(=O)N[C@@H](C)C(=O)NCCCNc2ncc(C=O)s2)NC(=O)[C@H](C)NC(=O)[C@H](C)NC1=O. The minimum absolute atomic E-state index is 0.0722. The van der Waals surface area contributed by atoms with Crippen LogP contribution in [0.2, 0.25) is 0 Å². The smallest absolute Gasteiger partial charge is 0.243 e. The fourth-order valence-electron chi connectivity index (χ4n) is 7.50. The Morgan fingerprint density at radius 2 is 1.32 bits per heavy atom. The van der Waals surface area contributed by atoms with Crippen LogP contribution in [0.5, 0.6) is 11.5 Å². The van der Waals surface area contributed by atoms with E-state index in [2.05, 4.69) is 73.8 Å². The number of hydrogen-bond acceptors (Lipinski definition) is 19. The van der Waals surface area contributed by atoms with Crippen molar-refractivity contribution in [1.29, 1.82) is 0 Å². The highest BCUT2D eigenvalue weighted by molar-refractivity contribution is 7.17. The number of rotatable bonds is 19. The number of nitrogens with zero attached hydrogens (tertiary/aromatic N) is 2. The summed E-state index contributed by atoms with van der Waals surface area (Å²) in [6.07, 6.45) is 4.02. The number of fused-ring (bicyclic) bond motifs is 4. The number of aldehydes is 1. The summed E-state index contributed by atoms with van der Waals surface area (Å²) < 4.78 is 0. The van der Waals surface area contributed by atoms with Gasteiger partial charge in [0.25, 0.3) is 0 Å². The maximum absolute atomic E-state index is 14.0. The molecule has 4 bridgehead atoms. The first kappa shape index (κ1) is 62.1. The van der Waals surface area contributed by atoms with Gasteiger partial charge in [-0.1, -0.05) is 35.6 Å². The lowest BCUT2D eigenvalue weighted by molar-refractivity contribution is -0.134. The number of carbonyl (C=O) groups excluding carboxylic acids is 11. The number of hydrogen-bond donors (Lipinski definition) is 14. The first-order valence-electron chi connectivity index (χ1n) is 25.4. The summed E-state index contributed by atoms with van der Waals surface area (Å²) in [5.74, 6) is -7.51. The molecule has 0 radical (unpaired) electrons. The van der Waals surface area contributed by atoms with E-state index in [0.29, 0.717) is 56.0 Å². The number of benzene rings is 2. The Balaban J connectivity index is 1.22. The van der Waals surface area contributed by atoms with E-state index < -0.39 is 114 Å². The van der Waals surface area contributed by atoms with Crippen molar-refractivity contribution in [3.63, 3.8) is 0 Å². The Morgan fingerprint density at radius 3 is 1.96 bits per heavy atom. The molecule has 0 spiro atoms. The lowest BCUT2D eigenvalue weighted by Crippen LogP contribution is -2.58. The number of carbonyl (C=O) groups is 11. The zero-order chi connectivity index (χ0) is 58.6. The highest BCUT2D eigenvalue weighted by atomic mass is 32.1. The number of thiazole rings is 2. The molecule has 14 N–H and O–H groups in total. The zero-order valence-corrected chi connectivity index (χ0v) is 46.3. The predicted molar refractivity (Wildman–Crippen MR) is 293 cm³/mol. The van der Waals surface area contributed by atoms with E-state index in [1.807, 2.05) is 0 Å². The normalized spacial score (nSPS) is 18.6. The third-order valence-corrected chi connectivity index (χ3v) is 13.9. The number of nitrogens with one attached hydrogen (secondary N) is 12. The van der Waals surface area contributed by atoms with Crippen LogP contribution in [-0.2, 0) is 67.2 Å². The van der Waals surface area contributed by atoms with E-state index in [-0.39, 0.29) is 43.9 Å². The molecule has 27 nitrogen and oxygen atoms in total. The molecule has 5 rings (SSSR count). The number of anilines is 2. The summed E-state index contributed by atoms with van der Waals surface area (Å²) in [6.45, 7) is 8.07. The quantitative estimate of drug-likeness (QED) is 0.0370. The molecule has 2 aromatic heterocycles. The molecule has 2 aromatic carbocycles. The van der Waals surface area contributed by atoms with E-state index in [4.69, 9.17) is 0 Å². The zero-order valence-electron chi connectivity index (χ0n) is 44.6. The average Bonchev–Trinajstić information content (AvgIpc) is 4.09. The summed E-state index contributed by atoms with van der Waals surface area (Å²) in [5.41, 5.74) is 1.37. The summed E-state index contributed by atoms with van der Waals surface area (Å²) in [7, 11) is 0. The summed E-state index contributed by atoms with van der Waals surface area (Å²) in [4.78, 5) is 153. The van der Waals surface area contributed by atoms with Crippen molar-refractivity contribution in [3.05, 3.63) is 81.3 Å². The largest absolute Gasteiger partial charge is 0.508 e. The van der Waals surface area contributed by atoms with Gasteiger partial charge in [0, 0.05) is 43.4 Å². The summed E-state index contributed by atoms with van der Waals surface area (Å²) >= 11 is 2.39. The van der Waals surface area contributed by atoms with Crippen LogP contribution in [0.3, 0.4) is 0 Å². The lowest BCUT2D eigenvalue weighted by Gasteiger charge is -2.24. The Bertz CT molecular complexity index is 2900. The van der Waals surface area contributed by atoms with Gasteiger partial charge >= 0.3 is 0 Å². The van der Waals surface area contributed by atoms with Crippen molar-refractivity contribution in [1.82, 2.24) is 63.1 Å². The molecular weight excluding hydrogens is 1080 g/mol. The summed E-state index contributed by atoms with van der Waals surface area (Å²) in [5, 5.41) is 53.0. The van der Waals surface area contributed by atoms with Gasteiger partial charge in [0.2, 0.25) is 59.1 Å². The number of amides is 10. The third kappa shape index (κ3) is 19.6. The maximum atomic E-state index is 14.0. The van der Waals surface area contributed by atoms with Gasteiger partial charge in [0.05, 0.1) is 24.2 Å². The topological polar surface area (TPSA) is 398 Å². The predicted octanol–water partition coefficient (Wildman–Crippen LogP) is -1.64. The van der Waals surface area contributed by atoms with Gasteiger partial charge in [-0.2, -0.15) is 0 Å². The fraction of sp³-hybridized carbons (Fsp3) is 0.431. The molecule has 3 heterocycles. The van der Waals surface area contributed by atoms with Gasteiger partial charge in [0.15, 0.2) is 16.5 Å². The molecule has 29 heteroatoms. The van der Waals surface area contributed by atoms with Crippen molar-refractivity contribution in [3.8, 4) is 11.5 Å². The minimum atomic E-state index is -1.40. The van der Waals surface area contributed by atoms with E-state index in [1.54, 1.807) is 12.3 Å². The van der Waals surface area contributed by atoms with Gasteiger partial charge in [-0.3, -0.25) is 52.7 Å². The van der Waals surface area contributed by atoms with Gasteiger partial charge in [-0.05, 0) is 82.9 Å². The molecule has 0 aliphatic carbocycles. The molecule has 0 saturated heterocycles. The number of aromatic nitrogens is 2. The Kier molecular flexibility index (Phi) is 23.2. The molecule has 0 fully saturated rings. The second-order valence-corrected chi connectivity index (χ2v) is 21.0. The Labute approximate surface area is 467 Å². The lowest BCUT2D eigenvalue weighted by atomic mass is 10.00. The van der Waals surface area contributed by atoms with Crippen LogP contribution in [-0.4, -0.2) is 160 Å². The van der Waals surface area contributed by atoms with Crippen molar-refractivity contribution < 1.29 is 63.0 Å². The second kappa shape index (κ2) is 29.9. The number of phenolic OH excluding ortho intramolecular Hbond substituents is 2. The van der Waals surface area contributed by atoms with Crippen LogP contribution in [0.4, 0.5) is 10.3 Å². The van der Waals surface area contributed by atoms with Crippen molar-refractivity contribution in [2.24, 2.45) is 0 Å². The van der Waals surface area contributed by atoms with E-state index in [9.17, 15) is 63.0 Å². The van der Waals surface area contributed by atoms with Gasteiger partial charge in [-0.25, -0.2) is 9.97 Å². The second-order valence-electron chi connectivity index (χ2n) is 18.8. The van der Waals surface area contributed by atoms with Crippen molar-refractivity contribution in [2.45, 2.75) is 116 Å². The van der Waals surface area contributed by atoms with Crippen LogP contribution >= 0.6 is 22.7 Å². The third-order valence-electron chi connectivity index (χ3n) is 12.1. The van der Waals surface area contributed by atoms with E-state index >= 15 is 0 Å². The van der Waals surface area contributed by atoms with Crippen LogP contribution < -0.4 is 63.8 Å². The average molecular weight is 1150 g/mol. The molecule has 0 saturated carbocycles. The highest BCUT2D eigenvalue weighted by Crippen LogP contribution is 2.27. The molecule has 430 valence electrons. The first-order chi connectivity index (χ1) is 38.0. The number of phenols is 2. The Morgan fingerprint density at radius 1 is 0.713 bits per heavy atom. The van der Waals surface area contributed by atoms with E-state index in [1.165, 1.54) is 107 Å². The molecule has 1 aliphatic rings. The van der Waals surface area contributed by atoms with E-state index in [0.717, 1.165) is 0 Å². The van der Waals surface area contributed by atoms with Crippen LogP contribution in [0, 0.1) is 0 Å². The molecule has 1 aliphatic heterocycles. The first-order valence-corrected chi connectivity index (χ1v) is 27.0. The molecule has 80 heavy (non-hydrogen) atoms. The molecule has 4 aromatic rings.